The lowest BCUT2D eigenvalue weighted by molar-refractivity contribution is -0.165. The molecule has 1 saturated heterocycles. The van der Waals surface area contributed by atoms with Crippen LogP contribution in [0.1, 0.15) is 39.5 Å². The molecule has 2 rings (SSSR count). The van der Waals surface area contributed by atoms with Crippen LogP contribution in [0.5, 0.6) is 0 Å². The van der Waals surface area contributed by atoms with E-state index >= 15 is 0 Å². The molecule has 2 heteroatoms. The molecule has 2 nitrogen and oxygen atoms in total. The Morgan fingerprint density at radius 3 is 2.54 bits per heavy atom. The predicted molar refractivity (Wildman–Crippen MR) is 53.5 cm³/mol. The predicted octanol–water partition coefficient (Wildman–Crippen LogP) is 1.93. The van der Waals surface area contributed by atoms with E-state index in [1.165, 1.54) is 12.8 Å². The molecule has 2 aliphatic rings. The molecule has 0 aromatic rings. The Morgan fingerprint density at radius 2 is 2.00 bits per heavy atom. The van der Waals surface area contributed by atoms with Crippen LogP contribution in [-0.2, 0) is 4.74 Å². The Labute approximate surface area is 80.8 Å². The zero-order valence-corrected chi connectivity index (χ0v) is 8.75. The van der Waals surface area contributed by atoms with Gasteiger partial charge in [-0.3, -0.25) is 0 Å². The van der Waals surface area contributed by atoms with Crippen LogP contribution in [0.2, 0.25) is 0 Å². The Hall–Kier alpha value is -0.0800. The molecule has 2 N–H and O–H groups in total. The van der Waals surface area contributed by atoms with Gasteiger partial charge in [-0.15, -0.1) is 0 Å². The summed E-state index contributed by atoms with van der Waals surface area (Å²) in [5.74, 6) is 1.69. The Balaban J connectivity index is 1.88. The third kappa shape index (κ3) is 1.75. The zero-order chi connectivity index (χ0) is 9.47. The molecule has 0 bridgehead atoms. The molecule has 2 fully saturated rings. The van der Waals surface area contributed by atoms with Crippen molar-refractivity contribution in [1.82, 2.24) is 0 Å². The van der Waals surface area contributed by atoms with Crippen LogP contribution in [0.3, 0.4) is 0 Å². The van der Waals surface area contributed by atoms with E-state index in [1.807, 2.05) is 0 Å². The lowest BCUT2D eigenvalue weighted by Crippen LogP contribution is -2.54. The summed E-state index contributed by atoms with van der Waals surface area (Å²) in [5.41, 5.74) is 6.16. The monoisotopic (exact) mass is 183 g/mol. The Bertz CT molecular complexity index is 185. The molecule has 0 aromatic carbocycles. The molecule has 0 amide bonds. The van der Waals surface area contributed by atoms with Gasteiger partial charge < -0.3 is 10.5 Å². The highest BCUT2D eigenvalue weighted by molar-refractivity contribution is 5.00. The minimum absolute atomic E-state index is 0.201. The second-order valence-electron chi connectivity index (χ2n) is 5.20. The van der Waals surface area contributed by atoms with Crippen molar-refractivity contribution < 1.29 is 4.74 Å². The van der Waals surface area contributed by atoms with Gasteiger partial charge in [-0.2, -0.15) is 0 Å². The largest absolute Gasteiger partial charge is 0.375 e. The summed E-state index contributed by atoms with van der Waals surface area (Å²) in [7, 11) is 0. The summed E-state index contributed by atoms with van der Waals surface area (Å²) in [6.07, 6.45) is 4.64. The maximum atomic E-state index is 5.96. The number of rotatable bonds is 1. The van der Waals surface area contributed by atoms with E-state index in [9.17, 15) is 0 Å². The molecule has 1 spiro atoms. The van der Waals surface area contributed by atoms with Crippen LogP contribution in [0, 0.1) is 11.8 Å². The molecule has 0 radical (unpaired) electrons. The van der Waals surface area contributed by atoms with Gasteiger partial charge in [-0.25, -0.2) is 0 Å². The summed E-state index contributed by atoms with van der Waals surface area (Å²) in [4.78, 5) is 0. The van der Waals surface area contributed by atoms with Gasteiger partial charge in [0.25, 0.3) is 0 Å². The first-order valence-corrected chi connectivity index (χ1v) is 5.51. The summed E-state index contributed by atoms with van der Waals surface area (Å²) in [5, 5.41) is 0. The quantitative estimate of drug-likeness (QED) is 0.674. The van der Waals surface area contributed by atoms with Crippen LogP contribution in [0.4, 0.5) is 0 Å². The zero-order valence-electron chi connectivity index (χ0n) is 8.75. The molecular weight excluding hydrogens is 162 g/mol. The van der Waals surface area contributed by atoms with Crippen LogP contribution in [-0.4, -0.2) is 18.2 Å². The normalized spacial score (nSPS) is 45.2. The maximum Gasteiger partial charge on any atom is 0.0702 e. The molecule has 1 saturated carbocycles. The van der Waals surface area contributed by atoms with Crippen molar-refractivity contribution in [3.63, 3.8) is 0 Å². The van der Waals surface area contributed by atoms with E-state index in [4.69, 9.17) is 10.5 Å². The van der Waals surface area contributed by atoms with Crippen LogP contribution in [0.15, 0.2) is 0 Å². The first-order valence-electron chi connectivity index (χ1n) is 5.51. The van der Waals surface area contributed by atoms with Crippen molar-refractivity contribution >= 4 is 0 Å². The van der Waals surface area contributed by atoms with Crippen molar-refractivity contribution in [2.75, 3.05) is 6.61 Å². The molecule has 1 unspecified atom stereocenters. The molecule has 76 valence electrons. The average molecular weight is 183 g/mol. The Kier molecular flexibility index (Phi) is 2.37. The summed E-state index contributed by atoms with van der Waals surface area (Å²) in [6, 6.07) is 0.391. The van der Waals surface area contributed by atoms with Gasteiger partial charge in [-0.1, -0.05) is 13.8 Å². The molecule has 13 heavy (non-hydrogen) atoms. The fourth-order valence-corrected chi connectivity index (χ4v) is 2.72. The van der Waals surface area contributed by atoms with Gasteiger partial charge in [0.1, 0.15) is 0 Å². The summed E-state index contributed by atoms with van der Waals surface area (Å²) < 4.78 is 5.87. The second kappa shape index (κ2) is 3.25. The van der Waals surface area contributed by atoms with Crippen molar-refractivity contribution in [2.24, 2.45) is 17.6 Å². The number of nitrogens with two attached hydrogens (primary N) is 1. The number of hydrogen-bond donors (Lipinski definition) is 1. The molecule has 1 atom stereocenters. The van der Waals surface area contributed by atoms with Crippen LogP contribution >= 0.6 is 0 Å². The first-order chi connectivity index (χ1) is 6.11. The van der Waals surface area contributed by atoms with Gasteiger partial charge in [0.2, 0.25) is 0 Å². The standard InChI is InChI=1S/C11H21NO/c1-8(2)9-5-11(6-9)7-10(12)3-4-13-11/h8-10H,3-7,12H2,1-2H3. The Morgan fingerprint density at radius 1 is 1.31 bits per heavy atom. The van der Waals surface area contributed by atoms with Crippen molar-refractivity contribution in [2.45, 2.75) is 51.2 Å². The highest BCUT2D eigenvalue weighted by atomic mass is 16.5. The third-order valence-corrected chi connectivity index (χ3v) is 3.74. The summed E-state index contributed by atoms with van der Waals surface area (Å²) >= 11 is 0. The third-order valence-electron chi connectivity index (χ3n) is 3.74. The van der Waals surface area contributed by atoms with Gasteiger partial charge >= 0.3 is 0 Å². The van der Waals surface area contributed by atoms with Gasteiger partial charge in [-0.05, 0) is 37.5 Å². The molecule has 1 aliphatic heterocycles. The van der Waals surface area contributed by atoms with E-state index in [1.54, 1.807) is 0 Å². The van der Waals surface area contributed by atoms with Gasteiger partial charge in [0.05, 0.1) is 5.60 Å². The van der Waals surface area contributed by atoms with E-state index in [0.717, 1.165) is 31.3 Å². The molecule has 0 aromatic heterocycles. The topological polar surface area (TPSA) is 35.2 Å². The molecular formula is C11H21NO. The maximum absolute atomic E-state index is 5.96. The molecule has 1 heterocycles. The van der Waals surface area contributed by atoms with Crippen LogP contribution < -0.4 is 5.73 Å². The fraction of sp³-hybridized carbons (Fsp3) is 1.00. The van der Waals surface area contributed by atoms with E-state index in [0.29, 0.717) is 6.04 Å². The van der Waals surface area contributed by atoms with Crippen molar-refractivity contribution in [3.8, 4) is 0 Å². The highest BCUT2D eigenvalue weighted by Crippen LogP contribution is 2.48. The first kappa shape index (κ1) is 9.47. The van der Waals surface area contributed by atoms with Gasteiger partial charge in [0, 0.05) is 12.6 Å². The minimum atomic E-state index is 0.201. The van der Waals surface area contributed by atoms with E-state index in [-0.39, 0.29) is 5.60 Å². The number of hydrogen-bond acceptors (Lipinski definition) is 2. The molecule has 1 aliphatic carbocycles. The van der Waals surface area contributed by atoms with E-state index < -0.39 is 0 Å². The number of ether oxygens (including phenoxy) is 1. The highest BCUT2D eigenvalue weighted by Gasteiger charge is 2.48. The average Bonchev–Trinajstić information content (AvgIpc) is 1.99. The van der Waals surface area contributed by atoms with E-state index in [2.05, 4.69) is 13.8 Å². The second-order valence-corrected chi connectivity index (χ2v) is 5.20. The van der Waals surface area contributed by atoms with Crippen molar-refractivity contribution in [1.29, 1.82) is 0 Å². The minimum Gasteiger partial charge on any atom is -0.375 e. The smallest absolute Gasteiger partial charge is 0.0702 e. The van der Waals surface area contributed by atoms with Crippen molar-refractivity contribution in [3.05, 3.63) is 0 Å². The fourth-order valence-electron chi connectivity index (χ4n) is 2.72. The van der Waals surface area contributed by atoms with Gasteiger partial charge in [0.15, 0.2) is 0 Å². The lowest BCUT2D eigenvalue weighted by atomic mass is 9.63. The summed E-state index contributed by atoms with van der Waals surface area (Å²) in [6.45, 7) is 5.49. The SMILES string of the molecule is CC(C)C1CC2(CC(N)CCO2)C1. The van der Waals surface area contributed by atoms with Crippen LogP contribution in [0.25, 0.3) is 0 Å². The lowest BCUT2D eigenvalue weighted by Gasteiger charge is -2.52.